The summed E-state index contributed by atoms with van der Waals surface area (Å²) in [4.78, 5) is 38.8. The first-order chi connectivity index (χ1) is 17.8. The van der Waals surface area contributed by atoms with Crippen LogP contribution in [0.5, 0.6) is 17.2 Å². The van der Waals surface area contributed by atoms with E-state index < -0.39 is 17.8 Å². The average Bonchev–Trinajstić information content (AvgIpc) is 2.87. The van der Waals surface area contributed by atoms with Gasteiger partial charge in [-0.2, -0.15) is 0 Å². The second-order valence-corrected chi connectivity index (χ2v) is 8.70. The third-order valence-corrected chi connectivity index (χ3v) is 5.93. The van der Waals surface area contributed by atoms with Gasteiger partial charge in [0.2, 0.25) is 0 Å². The molecular weight excluding hydrogens is 496 g/mol. The molecule has 0 spiro atoms. The Hall–Kier alpha value is -4.30. The van der Waals surface area contributed by atoms with Gasteiger partial charge >= 0.3 is 6.03 Å². The van der Waals surface area contributed by atoms with E-state index >= 15 is 0 Å². The van der Waals surface area contributed by atoms with Gasteiger partial charge in [-0.15, -0.1) is 0 Å². The molecule has 0 unspecified atom stereocenters. The number of ether oxygens (including phenoxy) is 3. The van der Waals surface area contributed by atoms with Gasteiger partial charge in [0.1, 0.15) is 24.5 Å². The number of hydrogen-bond acceptors (Lipinski definition) is 6. The average molecular weight is 521 g/mol. The molecule has 37 heavy (non-hydrogen) atoms. The zero-order valence-electron chi connectivity index (χ0n) is 20.5. The Morgan fingerprint density at radius 2 is 1.57 bits per heavy atom. The Morgan fingerprint density at radius 3 is 2.24 bits per heavy atom. The standard InChI is InChI=1S/C28H25ClN2O6/c1-17-5-4-6-18(2)25(17)37-14-13-36-23-12-7-19(16-24(23)35-3)15-22-26(32)30-28(34)31(27(22)33)21-10-8-20(29)9-11-21/h4-12,15-16H,13-14H2,1-3H3,(H,30,32,34). The zero-order chi connectivity index (χ0) is 26.5. The molecule has 0 bridgehead atoms. The van der Waals surface area contributed by atoms with Crippen LogP contribution in [0.2, 0.25) is 5.02 Å². The minimum Gasteiger partial charge on any atom is -0.493 e. The summed E-state index contributed by atoms with van der Waals surface area (Å²) in [5.41, 5.74) is 2.70. The Balaban J connectivity index is 1.48. The molecule has 3 aromatic carbocycles. The lowest BCUT2D eigenvalue weighted by Gasteiger charge is -2.26. The largest absolute Gasteiger partial charge is 0.493 e. The molecule has 9 heteroatoms. The Kier molecular flexibility index (Phi) is 7.79. The van der Waals surface area contributed by atoms with E-state index in [9.17, 15) is 14.4 Å². The van der Waals surface area contributed by atoms with E-state index in [1.807, 2.05) is 32.0 Å². The fourth-order valence-corrected chi connectivity index (χ4v) is 3.99. The Bertz CT molecular complexity index is 1360. The van der Waals surface area contributed by atoms with E-state index in [-0.39, 0.29) is 17.9 Å². The van der Waals surface area contributed by atoms with E-state index in [1.54, 1.807) is 30.3 Å². The maximum atomic E-state index is 13.1. The van der Waals surface area contributed by atoms with Crippen LogP contribution < -0.4 is 24.4 Å². The number of nitrogens with one attached hydrogen (secondary N) is 1. The van der Waals surface area contributed by atoms with Crippen LogP contribution >= 0.6 is 11.6 Å². The summed E-state index contributed by atoms with van der Waals surface area (Å²) in [5.74, 6) is 0.187. The maximum absolute atomic E-state index is 13.1. The summed E-state index contributed by atoms with van der Waals surface area (Å²) in [6, 6.07) is 16.3. The third kappa shape index (κ3) is 5.76. The summed E-state index contributed by atoms with van der Waals surface area (Å²) in [6.45, 7) is 4.59. The highest BCUT2D eigenvalue weighted by atomic mass is 35.5. The first-order valence-electron chi connectivity index (χ1n) is 11.5. The fraction of sp³-hybridized carbons (Fsp3) is 0.179. The molecule has 0 aliphatic carbocycles. The molecule has 0 aromatic heterocycles. The summed E-state index contributed by atoms with van der Waals surface area (Å²) < 4.78 is 17.2. The molecule has 0 radical (unpaired) electrons. The molecule has 4 amide bonds. The van der Waals surface area contributed by atoms with Crippen molar-refractivity contribution in [3.63, 3.8) is 0 Å². The van der Waals surface area contributed by atoms with E-state index in [0.717, 1.165) is 21.8 Å². The number of barbiturate groups is 1. The summed E-state index contributed by atoms with van der Waals surface area (Å²) >= 11 is 5.91. The van der Waals surface area contributed by atoms with Gasteiger partial charge in [-0.1, -0.05) is 35.9 Å². The zero-order valence-corrected chi connectivity index (χ0v) is 21.3. The van der Waals surface area contributed by atoms with Crippen LogP contribution in [0.15, 0.2) is 66.2 Å². The molecule has 1 heterocycles. The molecule has 1 aliphatic heterocycles. The lowest BCUT2D eigenvalue weighted by atomic mass is 10.1. The highest BCUT2D eigenvalue weighted by Gasteiger charge is 2.36. The van der Waals surface area contributed by atoms with Gasteiger partial charge in [0, 0.05) is 5.02 Å². The van der Waals surface area contributed by atoms with Crippen molar-refractivity contribution in [2.24, 2.45) is 0 Å². The Labute approximate surface area is 219 Å². The van der Waals surface area contributed by atoms with E-state index in [4.69, 9.17) is 25.8 Å². The van der Waals surface area contributed by atoms with Crippen LogP contribution in [0, 0.1) is 13.8 Å². The van der Waals surface area contributed by atoms with Gasteiger partial charge in [-0.25, -0.2) is 9.69 Å². The molecule has 3 aromatic rings. The van der Waals surface area contributed by atoms with Crippen LogP contribution in [-0.2, 0) is 9.59 Å². The highest BCUT2D eigenvalue weighted by molar-refractivity contribution is 6.39. The second-order valence-electron chi connectivity index (χ2n) is 8.26. The molecule has 1 aliphatic rings. The number of rotatable bonds is 8. The summed E-state index contributed by atoms with van der Waals surface area (Å²) in [7, 11) is 1.49. The van der Waals surface area contributed by atoms with E-state index in [2.05, 4.69) is 5.32 Å². The number of imide groups is 2. The first kappa shape index (κ1) is 25.8. The minimum absolute atomic E-state index is 0.202. The lowest BCUT2D eigenvalue weighted by molar-refractivity contribution is -0.122. The van der Waals surface area contributed by atoms with Crippen LogP contribution in [0.3, 0.4) is 0 Å². The number of nitrogens with zero attached hydrogens (tertiary/aromatic N) is 1. The molecule has 0 atom stereocenters. The number of methoxy groups -OCH3 is 1. The third-order valence-electron chi connectivity index (χ3n) is 5.68. The quantitative estimate of drug-likeness (QED) is 0.252. The molecule has 190 valence electrons. The highest BCUT2D eigenvalue weighted by Crippen LogP contribution is 2.30. The Morgan fingerprint density at radius 1 is 0.892 bits per heavy atom. The predicted molar refractivity (Wildman–Crippen MR) is 140 cm³/mol. The van der Waals surface area contributed by atoms with Crippen molar-refractivity contribution in [3.8, 4) is 17.2 Å². The number of carbonyl (C=O) groups excluding carboxylic acids is 3. The van der Waals surface area contributed by atoms with Crippen molar-refractivity contribution in [2.45, 2.75) is 13.8 Å². The van der Waals surface area contributed by atoms with Crippen molar-refractivity contribution < 1.29 is 28.6 Å². The number of benzene rings is 3. The van der Waals surface area contributed by atoms with Gasteiger partial charge < -0.3 is 14.2 Å². The number of amides is 4. The van der Waals surface area contributed by atoms with Gasteiger partial charge in [0.15, 0.2) is 11.5 Å². The van der Waals surface area contributed by atoms with Gasteiger partial charge in [0.05, 0.1) is 12.8 Å². The summed E-state index contributed by atoms with van der Waals surface area (Å²) in [6.07, 6.45) is 1.39. The van der Waals surface area contributed by atoms with Crippen molar-refractivity contribution in [1.82, 2.24) is 5.32 Å². The lowest BCUT2D eigenvalue weighted by Crippen LogP contribution is -2.54. The number of hydrogen-bond donors (Lipinski definition) is 1. The SMILES string of the molecule is COc1cc(C=C2C(=O)NC(=O)N(c3ccc(Cl)cc3)C2=O)ccc1OCCOc1c(C)cccc1C. The van der Waals surface area contributed by atoms with E-state index in [1.165, 1.54) is 25.3 Å². The number of aryl methyl sites for hydroxylation is 2. The van der Waals surface area contributed by atoms with Gasteiger partial charge in [-0.05, 0) is 73.0 Å². The second kappa shape index (κ2) is 11.2. The number of para-hydroxylation sites is 1. The first-order valence-corrected chi connectivity index (χ1v) is 11.8. The smallest absolute Gasteiger partial charge is 0.335 e. The fourth-order valence-electron chi connectivity index (χ4n) is 3.86. The monoisotopic (exact) mass is 520 g/mol. The van der Waals surface area contributed by atoms with E-state index in [0.29, 0.717) is 28.7 Å². The topological polar surface area (TPSA) is 94.2 Å². The molecule has 1 fully saturated rings. The van der Waals surface area contributed by atoms with Crippen LogP contribution in [-0.4, -0.2) is 38.2 Å². The van der Waals surface area contributed by atoms with Gasteiger partial charge in [-0.3, -0.25) is 14.9 Å². The number of carbonyl (C=O) groups is 3. The molecule has 4 rings (SSSR count). The molecular formula is C28H25ClN2O6. The van der Waals surface area contributed by atoms with Crippen LogP contribution in [0.1, 0.15) is 16.7 Å². The molecule has 0 saturated carbocycles. The van der Waals surface area contributed by atoms with Crippen LogP contribution in [0.4, 0.5) is 10.5 Å². The van der Waals surface area contributed by atoms with Gasteiger partial charge in [0.25, 0.3) is 11.8 Å². The maximum Gasteiger partial charge on any atom is 0.335 e. The van der Waals surface area contributed by atoms with Crippen molar-refractivity contribution >= 4 is 41.2 Å². The molecule has 1 saturated heterocycles. The molecule has 8 nitrogen and oxygen atoms in total. The normalized spacial score (nSPS) is 14.5. The molecule has 1 N–H and O–H groups in total. The number of urea groups is 1. The van der Waals surface area contributed by atoms with Crippen molar-refractivity contribution in [1.29, 1.82) is 0 Å². The predicted octanol–water partition coefficient (Wildman–Crippen LogP) is 5.09. The number of halogens is 1. The number of anilines is 1. The van der Waals surface area contributed by atoms with Crippen molar-refractivity contribution in [3.05, 3.63) is 87.9 Å². The van der Waals surface area contributed by atoms with Crippen molar-refractivity contribution in [2.75, 3.05) is 25.2 Å². The van der Waals surface area contributed by atoms with Crippen LogP contribution in [0.25, 0.3) is 6.08 Å². The minimum atomic E-state index is -0.834. The summed E-state index contributed by atoms with van der Waals surface area (Å²) in [5, 5.41) is 2.65.